The van der Waals surface area contributed by atoms with Gasteiger partial charge in [-0.2, -0.15) is 0 Å². The second-order valence-electron chi connectivity index (χ2n) is 5.46. The van der Waals surface area contributed by atoms with Gasteiger partial charge in [-0.25, -0.2) is 13.1 Å². The minimum atomic E-state index is -3.31. The van der Waals surface area contributed by atoms with Crippen molar-refractivity contribution in [2.45, 2.75) is 55.8 Å². The van der Waals surface area contributed by atoms with Crippen LogP contribution < -0.4 is 4.72 Å². The van der Waals surface area contributed by atoms with Crippen molar-refractivity contribution in [1.82, 2.24) is 4.72 Å². The van der Waals surface area contributed by atoms with E-state index in [0.717, 1.165) is 19.3 Å². The van der Waals surface area contributed by atoms with Crippen LogP contribution in [0.25, 0.3) is 0 Å². The highest BCUT2D eigenvalue weighted by atomic mass is 32.2. The molecular weight excluding hydrogens is 254 g/mol. The third-order valence-electron chi connectivity index (χ3n) is 3.99. The number of aliphatic hydroxyl groups is 1. The summed E-state index contributed by atoms with van der Waals surface area (Å²) in [6.45, 7) is 1.18. The second kappa shape index (κ2) is 5.86. The van der Waals surface area contributed by atoms with Crippen LogP contribution in [0, 0.1) is 0 Å². The lowest BCUT2D eigenvalue weighted by atomic mass is 9.85. The van der Waals surface area contributed by atoms with E-state index in [2.05, 4.69) is 4.72 Å². The Morgan fingerprint density at radius 1 is 1.17 bits per heavy atom. The zero-order valence-electron chi connectivity index (χ0n) is 10.7. The SMILES string of the molecule is O=S(=O)(NCC1(O)CCCCC1)C1CCOCC1. The highest BCUT2D eigenvalue weighted by molar-refractivity contribution is 7.90. The monoisotopic (exact) mass is 277 g/mol. The summed E-state index contributed by atoms with van der Waals surface area (Å²) in [5.41, 5.74) is -0.837. The van der Waals surface area contributed by atoms with Gasteiger partial charge in [-0.1, -0.05) is 19.3 Å². The van der Waals surface area contributed by atoms with Gasteiger partial charge in [0, 0.05) is 19.8 Å². The molecule has 2 N–H and O–H groups in total. The van der Waals surface area contributed by atoms with Gasteiger partial charge in [0.05, 0.1) is 10.9 Å². The Hall–Kier alpha value is -0.170. The van der Waals surface area contributed by atoms with Gasteiger partial charge < -0.3 is 9.84 Å². The number of ether oxygens (including phenoxy) is 1. The highest BCUT2D eigenvalue weighted by Gasteiger charge is 2.33. The molecule has 6 heteroatoms. The minimum absolute atomic E-state index is 0.159. The van der Waals surface area contributed by atoms with Crippen LogP contribution in [-0.4, -0.2) is 44.1 Å². The van der Waals surface area contributed by atoms with Gasteiger partial charge in [0.2, 0.25) is 10.0 Å². The van der Waals surface area contributed by atoms with Crippen LogP contribution in [0.15, 0.2) is 0 Å². The molecule has 0 atom stereocenters. The number of sulfonamides is 1. The molecule has 2 fully saturated rings. The fourth-order valence-corrected chi connectivity index (χ4v) is 4.24. The molecule has 1 saturated heterocycles. The third-order valence-corrected chi connectivity index (χ3v) is 5.89. The van der Waals surface area contributed by atoms with Crippen molar-refractivity contribution >= 4 is 10.0 Å². The Balaban J connectivity index is 1.87. The molecule has 2 aliphatic rings. The zero-order valence-corrected chi connectivity index (χ0v) is 11.5. The van der Waals surface area contributed by atoms with Gasteiger partial charge in [-0.15, -0.1) is 0 Å². The topological polar surface area (TPSA) is 75.6 Å². The molecule has 0 aromatic rings. The fourth-order valence-electron chi connectivity index (χ4n) is 2.73. The molecular formula is C12H23NO4S. The van der Waals surface area contributed by atoms with E-state index in [-0.39, 0.29) is 11.8 Å². The maximum absolute atomic E-state index is 12.1. The number of rotatable bonds is 4. The average molecular weight is 277 g/mol. The summed E-state index contributed by atoms with van der Waals surface area (Å²) in [4.78, 5) is 0. The van der Waals surface area contributed by atoms with Crippen molar-refractivity contribution in [3.8, 4) is 0 Å². The Kier molecular flexibility index (Phi) is 4.64. The van der Waals surface area contributed by atoms with Crippen molar-refractivity contribution < 1.29 is 18.3 Å². The molecule has 0 amide bonds. The summed E-state index contributed by atoms with van der Waals surface area (Å²) in [6, 6.07) is 0. The molecule has 5 nitrogen and oxygen atoms in total. The van der Waals surface area contributed by atoms with E-state index in [9.17, 15) is 13.5 Å². The highest BCUT2D eigenvalue weighted by Crippen LogP contribution is 2.27. The lowest BCUT2D eigenvalue weighted by Crippen LogP contribution is -2.47. The van der Waals surface area contributed by atoms with Crippen molar-refractivity contribution in [1.29, 1.82) is 0 Å². The Morgan fingerprint density at radius 3 is 2.39 bits per heavy atom. The summed E-state index contributed by atoms with van der Waals surface area (Å²) in [6.07, 6.45) is 5.59. The zero-order chi connectivity index (χ0) is 13.1. The lowest BCUT2D eigenvalue weighted by molar-refractivity contribution is 0.00930. The van der Waals surface area contributed by atoms with Crippen LogP contribution in [0.3, 0.4) is 0 Å². The van der Waals surface area contributed by atoms with E-state index in [1.54, 1.807) is 0 Å². The summed E-state index contributed by atoms with van der Waals surface area (Å²) >= 11 is 0. The molecule has 1 heterocycles. The van der Waals surface area contributed by atoms with E-state index < -0.39 is 15.6 Å². The van der Waals surface area contributed by atoms with Crippen LogP contribution in [0.5, 0.6) is 0 Å². The maximum atomic E-state index is 12.1. The van der Waals surface area contributed by atoms with Crippen molar-refractivity contribution in [3.05, 3.63) is 0 Å². The summed E-state index contributed by atoms with van der Waals surface area (Å²) < 4.78 is 32.0. The molecule has 106 valence electrons. The van der Waals surface area contributed by atoms with Crippen LogP contribution in [0.4, 0.5) is 0 Å². The Bertz CT molecular complexity index is 356. The third kappa shape index (κ3) is 3.66. The van der Waals surface area contributed by atoms with Gasteiger partial charge in [0.25, 0.3) is 0 Å². The molecule has 1 saturated carbocycles. The van der Waals surface area contributed by atoms with Crippen LogP contribution in [0.2, 0.25) is 0 Å². The molecule has 1 aliphatic heterocycles. The second-order valence-corrected chi connectivity index (χ2v) is 7.51. The molecule has 18 heavy (non-hydrogen) atoms. The largest absolute Gasteiger partial charge is 0.389 e. The number of hydrogen-bond acceptors (Lipinski definition) is 4. The first kappa shape index (κ1) is 14.2. The predicted octanol–water partition coefficient (Wildman–Crippen LogP) is 0.780. The molecule has 1 aliphatic carbocycles. The quantitative estimate of drug-likeness (QED) is 0.796. The number of hydrogen-bond donors (Lipinski definition) is 2. The first-order valence-corrected chi connectivity index (χ1v) is 8.35. The van der Waals surface area contributed by atoms with E-state index in [0.29, 0.717) is 38.9 Å². The first-order valence-electron chi connectivity index (χ1n) is 6.80. The van der Waals surface area contributed by atoms with Crippen molar-refractivity contribution in [2.75, 3.05) is 19.8 Å². The van der Waals surface area contributed by atoms with E-state index in [1.165, 1.54) is 0 Å². The molecule has 0 aromatic carbocycles. The molecule has 0 unspecified atom stereocenters. The first-order chi connectivity index (χ1) is 8.52. The summed E-state index contributed by atoms with van der Waals surface area (Å²) in [7, 11) is -3.31. The van der Waals surface area contributed by atoms with Gasteiger partial charge in [0.15, 0.2) is 0 Å². The van der Waals surface area contributed by atoms with Gasteiger partial charge in [-0.3, -0.25) is 0 Å². The molecule has 2 rings (SSSR count). The smallest absolute Gasteiger partial charge is 0.214 e. The predicted molar refractivity (Wildman–Crippen MR) is 68.8 cm³/mol. The van der Waals surface area contributed by atoms with Crippen LogP contribution in [-0.2, 0) is 14.8 Å². The van der Waals surface area contributed by atoms with Gasteiger partial charge >= 0.3 is 0 Å². The van der Waals surface area contributed by atoms with Gasteiger partial charge in [-0.05, 0) is 25.7 Å². The molecule has 0 radical (unpaired) electrons. The lowest BCUT2D eigenvalue weighted by Gasteiger charge is -2.33. The van der Waals surface area contributed by atoms with E-state index in [1.807, 2.05) is 0 Å². The average Bonchev–Trinajstić information content (AvgIpc) is 2.39. The van der Waals surface area contributed by atoms with Crippen LogP contribution >= 0.6 is 0 Å². The molecule has 0 spiro atoms. The van der Waals surface area contributed by atoms with Gasteiger partial charge in [0.1, 0.15) is 0 Å². The van der Waals surface area contributed by atoms with Crippen molar-refractivity contribution in [2.24, 2.45) is 0 Å². The number of nitrogens with one attached hydrogen (secondary N) is 1. The van der Waals surface area contributed by atoms with E-state index in [4.69, 9.17) is 4.74 Å². The standard InChI is InChI=1S/C12H23NO4S/c14-12(6-2-1-3-7-12)10-13-18(15,16)11-4-8-17-9-5-11/h11,13-14H,1-10H2. The minimum Gasteiger partial charge on any atom is -0.389 e. The normalized spacial score (nSPS) is 26.1. The molecule has 0 aromatic heterocycles. The Morgan fingerprint density at radius 2 is 1.78 bits per heavy atom. The summed E-state index contributed by atoms with van der Waals surface area (Å²) in [5.74, 6) is 0. The molecule has 0 bridgehead atoms. The maximum Gasteiger partial charge on any atom is 0.214 e. The van der Waals surface area contributed by atoms with Crippen LogP contribution in [0.1, 0.15) is 44.9 Å². The Labute approximate surface area is 109 Å². The van der Waals surface area contributed by atoms with Crippen molar-refractivity contribution in [3.63, 3.8) is 0 Å². The summed E-state index contributed by atoms with van der Waals surface area (Å²) in [5, 5.41) is 9.92. The fraction of sp³-hybridized carbons (Fsp3) is 1.00. The van der Waals surface area contributed by atoms with E-state index >= 15 is 0 Å².